The average molecular weight is 358 g/mol. The number of hydrogen-bond donors (Lipinski definition) is 2. The van der Waals surface area contributed by atoms with E-state index in [0.717, 1.165) is 61.7 Å². The van der Waals surface area contributed by atoms with Crippen molar-refractivity contribution < 1.29 is 9.15 Å². The maximum atomic E-state index is 5.51. The number of nitrogens with one attached hydrogen (secondary N) is 2. The van der Waals surface area contributed by atoms with Gasteiger partial charge in [0.2, 0.25) is 11.8 Å². The molecule has 8 heteroatoms. The Hall–Kier alpha value is -2.77. The largest absolute Gasteiger partial charge is 0.496 e. The number of benzene rings is 1. The molecule has 0 bridgehead atoms. The lowest BCUT2D eigenvalue weighted by Gasteiger charge is -2.19. The fourth-order valence-electron chi connectivity index (χ4n) is 2.94. The summed E-state index contributed by atoms with van der Waals surface area (Å²) in [7, 11) is 1.71. The first-order valence-corrected chi connectivity index (χ1v) is 8.98. The minimum atomic E-state index is 0.634. The van der Waals surface area contributed by atoms with Crippen molar-refractivity contribution in [3.8, 4) is 5.75 Å². The quantitative estimate of drug-likeness (QED) is 0.666. The second-order valence-electron chi connectivity index (χ2n) is 6.37. The van der Waals surface area contributed by atoms with E-state index in [1.807, 2.05) is 26.0 Å². The summed E-state index contributed by atoms with van der Waals surface area (Å²) in [6, 6.07) is 6.14. The molecule has 26 heavy (non-hydrogen) atoms. The molecule has 3 rings (SSSR count). The Morgan fingerprint density at radius 2 is 1.88 bits per heavy atom. The fourth-order valence-corrected chi connectivity index (χ4v) is 2.94. The number of hydrazone groups is 1. The number of methoxy groups -OCH3 is 1. The van der Waals surface area contributed by atoms with Crippen LogP contribution in [-0.2, 0) is 12.8 Å². The summed E-state index contributed by atoms with van der Waals surface area (Å²) in [6.45, 7) is 3.73. The van der Waals surface area contributed by atoms with Crippen molar-refractivity contribution in [1.82, 2.24) is 21.2 Å². The van der Waals surface area contributed by atoms with Crippen molar-refractivity contribution in [2.45, 2.75) is 52.4 Å². The fraction of sp³-hybridized carbons (Fsp3) is 0.500. The van der Waals surface area contributed by atoms with Crippen LogP contribution in [-0.4, -0.2) is 23.1 Å². The number of unbranched alkanes of at least 4 members (excludes halogenated alkanes) is 3. The highest BCUT2D eigenvalue weighted by Crippen LogP contribution is 2.26. The average Bonchev–Trinajstić information content (AvgIpc) is 3.26. The minimum Gasteiger partial charge on any atom is -0.496 e. The van der Waals surface area contributed by atoms with Gasteiger partial charge in [0.15, 0.2) is 0 Å². The van der Waals surface area contributed by atoms with Crippen LogP contribution in [0.5, 0.6) is 5.75 Å². The SMILES string of the molecule is COc1ccc(N2NN=C(C)N2)cc1CCCCCCc1nnc(C)o1. The van der Waals surface area contributed by atoms with E-state index in [4.69, 9.17) is 9.15 Å². The number of aromatic nitrogens is 2. The lowest BCUT2D eigenvalue weighted by Crippen LogP contribution is -2.40. The normalized spacial score (nSPS) is 13.3. The number of anilines is 1. The Balaban J connectivity index is 1.45. The third-order valence-corrected chi connectivity index (χ3v) is 4.27. The van der Waals surface area contributed by atoms with Gasteiger partial charge in [0.1, 0.15) is 11.6 Å². The molecule has 0 radical (unpaired) electrons. The first-order valence-electron chi connectivity index (χ1n) is 8.98. The Morgan fingerprint density at radius 1 is 1.08 bits per heavy atom. The Kier molecular flexibility index (Phi) is 5.93. The van der Waals surface area contributed by atoms with Gasteiger partial charge in [0, 0.05) is 13.3 Å². The summed E-state index contributed by atoms with van der Waals surface area (Å²) >= 11 is 0. The van der Waals surface area contributed by atoms with E-state index >= 15 is 0 Å². The summed E-state index contributed by atoms with van der Waals surface area (Å²) in [5, 5.41) is 13.8. The molecule has 1 aromatic carbocycles. The molecule has 0 saturated carbocycles. The molecule has 0 fully saturated rings. The maximum Gasteiger partial charge on any atom is 0.216 e. The van der Waals surface area contributed by atoms with E-state index in [1.165, 1.54) is 5.56 Å². The van der Waals surface area contributed by atoms with Crippen molar-refractivity contribution >= 4 is 11.5 Å². The standard InChI is InChI=1S/C18H26N6O2/c1-13-19-23-24(22-13)16-10-11-17(25-3)15(12-16)8-6-4-5-7-9-18-21-20-14(2)26-18/h10-12,23H,4-9H2,1-3H3,(H,19,22). The topological polar surface area (TPSA) is 87.8 Å². The van der Waals surface area contributed by atoms with Crippen LogP contribution in [0.25, 0.3) is 0 Å². The zero-order valence-electron chi connectivity index (χ0n) is 15.6. The van der Waals surface area contributed by atoms with Gasteiger partial charge in [-0.1, -0.05) is 12.8 Å². The Morgan fingerprint density at radius 3 is 2.54 bits per heavy atom. The molecule has 0 unspecified atom stereocenters. The molecule has 1 aliphatic rings. The third kappa shape index (κ3) is 4.65. The zero-order chi connectivity index (χ0) is 18.4. The lowest BCUT2D eigenvalue weighted by molar-refractivity contribution is 0.408. The Bertz CT molecular complexity index is 758. The van der Waals surface area contributed by atoms with Crippen LogP contribution >= 0.6 is 0 Å². The second kappa shape index (κ2) is 8.55. The van der Waals surface area contributed by atoms with Crippen molar-refractivity contribution in [2.75, 3.05) is 12.2 Å². The summed E-state index contributed by atoms with van der Waals surface area (Å²) in [6.07, 6.45) is 6.31. The molecule has 0 saturated heterocycles. The first-order chi connectivity index (χ1) is 12.7. The molecule has 0 atom stereocenters. The predicted molar refractivity (Wildman–Crippen MR) is 99.8 cm³/mol. The van der Waals surface area contributed by atoms with Crippen LogP contribution in [0.2, 0.25) is 0 Å². The van der Waals surface area contributed by atoms with E-state index in [2.05, 4.69) is 32.3 Å². The molecule has 1 aliphatic heterocycles. The molecule has 0 aliphatic carbocycles. The van der Waals surface area contributed by atoms with Gasteiger partial charge in [0.05, 0.1) is 12.8 Å². The maximum absolute atomic E-state index is 5.51. The van der Waals surface area contributed by atoms with Gasteiger partial charge < -0.3 is 9.15 Å². The Labute approximate surface area is 153 Å². The van der Waals surface area contributed by atoms with E-state index in [0.29, 0.717) is 5.89 Å². The molecule has 2 heterocycles. The summed E-state index contributed by atoms with van der Waals surface area (Å²) in [4.78, 5) is 0. The molecule has 8 nitrogen and oxygen atoms in total. The van der Waals surface area contributed by atoms with Gasteiger partial charge in [-0.2, -0.15) is 10.7 Å². The van der Waals surface area contributed by atoms with Crippen molar-refractivity contribution in [3.05, 3.63) is 35.5 Å². The molecule has 2 aromatic rings. The third-order valence-electron chi connectivity index (χ3n) is 4.27. The smallest absolute Gasteiger partial charge is 0.216 e. The monoisotopic (exact) mass is 358 g/mol. The van der Waals surface area contributed by atoms with Crippen LogP contribution in [0.1, 0.15) is 50.0 Å². The van der Waals surface area contributed by atoms with Crippen LogP contribution in [0.3, 0.4) is 0 Å². The number of amidine groups is 1. The van der Waals surface area contributed by atoms with E-state index in [-0.39, 0.29) is 0 Å². The number of aryl methyl sites for hydroxylation is 3. The highest BCUT2D eigenvalue weighted by atomic mass is 16.5. The lowest BCUT2D eigenvalue weighted by atomic mass is 10.0. The number of hydrazine groups is 2. The van der Waals surface area contributed by atoms with Gasteiger partial charge in [-0.3, -0.25) is 5.43 Å². The van der Waals surface area contributed by atoms with Gasteiger partial charge in [0.25, 0.3) is 0 Å². The number of nitrogens with zero attached hydrogens (tertiary/aromatic N) is 4. The predicted octanol–water partition coefficient (Wildman–Crippen LogP) is 2.89. The summed E-state index contributed by atoms with van der Waals surface area (Å²) < 4.78 is 10.9. The van der Waals surface area contributed by atoms with Gasteiger partial charge >= 0.3 is 0 Å². The first kappa shape index (κ1) is 18.0. The van der Waals surface area contributed by atoms with E-state index < -0.39 is 0 Å². The molecular formula is C18H26N6O2. The van der Waals surface area contributed by atoms with E-state index in [1.54, 1.807) is 12.2 Å². The highest BCUT2D eigenvalue weighted by Gasteiger charge is 2.14. The molecule has 0 amide bonds. The minimum absolute atomic E-state index is 0.634. The van der Waals surface area contributed by atoms with Gasteiger partial charge in [-0.05, 0) is 49.9 Å². The number of hydrogen-bond acceptors (Lipinski definition) is 8. The molecule has 2 N–H and O–H groups in total. The van der Waals surface area contributed by atoms with Crippen LogP contribution < -0.4 is 20.8 Å². The van der Waals surface area contributed by atoms with Crippen molar-refractivity contribution in [1.29, 1.82) is 0 Å². The molecular weight excluding hydrogens is 332 g/mol. The number of rotatable bonds is 9. The summed E-state index contributed by atoms with van der Waals surface area (Å²) in [5.41, 5.74) is 8.29. The van der Waals surface area contributed by atoms with Crippen LogP contribution in [0, 0.1) is 6.92 Å². The molecule has 1 aromatic heterocycles. The second-order valence-corrected chi connectivity index (χ2v) is 6.37. The van der Waals surface area contributed by atoms with Crippen LogP contribution in [0.4, 0.5) is 5.69 Å². The molecule has 0 spiro atoms. The van der Waals surface area contributed by atoms with Crippen molar-refractivity contribution in [3.63, 3.8) is 0 Å². The highest BCUT2D eigenvalue weighted by molar-refractivity contribution is 5.82. The van der Waals surface area contributed by atoms with Crippen molar-refractivity contribution in [2.24, 2.45) is 5.10 Å². The van der Waals surface area contributed by atoms with E-state index in [9.17, 15) is 0 Å². The van der Waals surface area contributed by atoms with Crippen LogP contribution in [0.15, 0.2) is 27.7 Å². The summed E-state index contributed by atoms with van der Waals surface area (Å²) in [5.74, 6) is 3.13. The molecule has 140 valence electrons. The van der Waals surface area contributed by atoms with Gasteiger partial charge in [-0.15, -0.1) is 15.3 Å². The zero-order valence-corrected chi connectivity index (χ0v) is 15.6. The van der Waals surface area contributed by atoms with Gasteiger partial charge in [-0.25, -0.2) is 0 Å². The number of ether oxygens (including phenoxy) is 1.